The van der Waals surface area contributed by atoms with Gasteiger partial charge in [0.25, 0.3) is 0 Å². The summed E-state index contributed by atoms with van der Waals surface area (Å²) in [5.74, 6) is -0.889. The maximum Gasteiger partial charge on any atom is 0.306 e. The van der Waals surface area contributed by atoms with Crippen LogP contribution in [0.25, 0.3) is 0 Å². The highest BCUT2D eigenvalue weighted by Crippen LogP contribution is 2.14. The smallest absolute Gasteiger partial charge is 0.306 e. The van der Waals surface area contributed by atoms with Crippen molar-refractivity contribution in [3.05, 3.63) is 24.3 Å². The van der Waals surface area contributed by atoms with Gasteiger partial charge in [-0.05, 0) is 64.2 Å². The third-order valence-electron chi connectivity index (χ3n) is 10.4. The van der Waals surface area contributed by atoms with Gasteiger partial charge in [-0.2, -0.15) is 0 Å². The average molecular weight is 775 g/mol. The summed E-state index contributed by atoms with van der Waals surface area (Å²) >= 11 is 0. The van der Waals surface area contributed by atoms with Crippen LogP contribution in [0.4, 0.5) is 0 Å². The molecule has 0 radical (unpaired) electrons. The molecule has 0 saturated carbocycles. The predicted molar refractivity (Wildman–Crippen MR) is 233 cm³/mol. The fourth-order valence-electron chi connectivity index (χ4n) is 6.77. The summed E-state index contributed by atoms with van der Waals surface area (Å²) in [4.78, 5) is 37.7. The molecule has 322 valence electrons. The van der Waals surface area contributed by atoms with Crippen molar-refractivity contribution >= 4 is 17.9 Å². The van der Waals surface area contributed by atoms with E-state index in [1.165, 1.54) is 135 Å². The molecule has 0 aromatic carbocycles. The molecule has 0 aromatic rings. The number of ether oxygens (including phenoxy) is 3. The highest BCUT2D eigenvalue weighted by Gasteiger charge is 2.19. The molecule has 0 saturated heterocycles. The van der Waals surface area contributed by atoms with E-state index in [2.05, 4.69) is 45.1 Å². The van der Waals surface area contributed by atoms with Crippen LogP contribution in [0.15, 0.2) is 24.3 Å². The second-order valence-electron chi connectivity index (χ2n) is 16.0. The summed E-state index contributed by atoms with van der Waals surface area (Å²) in [6.07, 6.45) is 48.7. The lowest BCUT2D eigenvalue weighted by Gasteiger charge is -2.18. The summed E-state index contributed by atoms with van der Waals surface area (Å²) in [6.45, 7) is 6.58. The van der Waals surface area contributed by atoms with E-state index in [1.807, 2.05) is 0 Å². The second-order valence-corrected chi connectivity index (χ2v) is 16.0. The van der Waals surface area contributed by atoms with Crippen molar-refractivity contribution in [2.45, 2.75) is 258 Å². The van der Waals surface area contributed by atoms with Crippen LogP contribution < -0.4 is 0 Å². The summed E-state index contributed by atoms with van der Waals surface area (Å²) in [5, 5.41) is 0. The molecule has 1 unspecified atom stereocenters. The largest absolute Gasteiger partial charge is 0.462 e. The molecule has 0 N–H and O–H groups in total. The quantitative estimate of drug-likeness (QED) is 0.0266. The van der Waals surface area contributed by atoms with Crippen LogP contribution in [-0.2, 0) is 28.6 Å². The Morgan fingerprint density at radius 3 is 0.964 bits per heavy atom. The average Bonchev–Trinajstić information content (AvgIpc) is 3.18. The molecule has 0 bridgehead atoms. The van der Waals surface area contributed by atoms with E-state index >= 15 is 0 Å². The first-order valence-corrected chi connectivity index (χ1v) is 23.8. The number of allylic oxidation sites excluding steroid dienone is 4. The third kappa shape index (κ3) is 42.9. The van der Waals surface area contributed by atoms with Crippen molar-refractivity contribution in [1.29, 1.82) is 0 Å². The first-order valence-electron chi connectivity index (χ1n) is 23.8. The molecule has 0 aliphatic heterocycles. The number of hydrogen-bond acceptors (Lipinski definition) is 6. The normalized spacial score (nSPS) is 12.1. The molecule has 0 heterocycles. The highest BCUT2D eigenvalue weighted by molar-refractivity contribution is 5.71. The fourth-order valence-corrected chi connectivity index (χ4v) is 6.77. The number of esters is 3. The molecule has 0 aliphatic carbocycles. The molecule has 0 amide bonds. The highest BCUT2D eigenvalue weighted by atomic mass is 16.6. The Morgan fingerprint density at radius 2 is 0.618 bits per heavy atom. The molecule has 0 aliphatic rings. The van der Waals surface area contributed by atoms with E-state index in [0.29, 0.717) is 19.3 Å². The van der Waals surface area contributed by atoms with Gasteiger partial charge in [-0.1, -0.05) is 193 Å². The van der Waals surface area contributed by atoms with Gasteiger partial charge in [-0.25, -0.2) is 0 Å². The number of hydrogen-bond donors (Lipinski definition) is 0. The van der Waals surface area contributed by atoms with Gasteiger partial charge in [0.2, 0.25) is 0 Å². The van der Waals surface area contributed by atoms with E-state index in [0.717, 1.165) is 77.0 Å². The number of unbranched alkanes of at least 4 members (excludes halogenated alkanes) is 28. The minimum absolute atomic E-state index is 0.0745. The molecule has 0 aromatic heterocycles. The zero-order valence-corrected chi connectivity index (χ0v) is 36.7. The maximum atomic E-state index is 12.7. The lowest BCUT2D eigenvalue weighted by atomic mass is 10.1. The first kappa shape index (κ1) is 52.9. The van der Waals surface area contributed by atoms with Gasteiger partial charge < -0.3 is 14.2 Å². The Kier molecular flexibility index (Phi) is 42.9. The Hall–Kier alpha value is -2.11. The van der Waals surface area contributed by atoms with Crippen LogP contribution in [0.5, 0.6) is 0 Å². The van der Waals surface area contributed by atoms with E-state index in [-0.39, 0.29) is 31.1 Å². The summed E-state index contributed by atoms with van der Waals surface area (Å²) in [6, 6.07) is 0. The Balaban J connectivity index is 4.33. The van der Waals surface area contributed by atoms with Gasteiger partial charge >= 0.3 is 17.9 Å². The Bertz CT molecular complexity index is 896. The first-order chi connectivity index (χ1) is 27.0. The Labute approximate surface area is 341 Å². The van der Waals surface area contributed by atoms with Crippen LogP contribution in [0.2, 0.25) is 0 Å². The standard InChI is InChI=1S/C49H90O6/c1-4-7-10-13-16-19-22-23-24-25-26-28-30-33-36-39-42-48(51)54-45-46(44-53-47(50)41-38-35-32-29-21-18-15-12-9-6-3)55-49(52)43-40-37-34-31-27-20-17-14-11-8-5-2/h14,17,24-25,46H,4-13,15-16,18-23,26-45H2,1-3H3/b17-14-,25-24-. The molecule has 6 nitrogen and oxygen atoms in total. The molecule has 6 heteroatoms. The molecular weight excluding hydrogens is 685 g/mol. The minimum Gasteiger partial charge on any atom is -0.462 e. The summed E-state index contributed by atoms with van der Waals surface area (Å²) in [7, 11) is 0. The van der Waals surface area contributed by atoms with E-state index in [1.54, 1.807) is 0 Å². The second kappa shape index (κ2) is 44.6. The summed E-state index contributed by atoms with van der Waals surface area (Å²) in [5.41, 5.74) is 0. The van der Waals surface area contributed by atoms with Gasteiger partial charge in [0.1, 0.15) is 13.2 Å². The lowest BCUT2D eigenvalue weighted by Crippen LogP contribution is -2.30. The van der Waals surface area contributed by atoms with Crippen LogP contribution in [0, 0.1) is 0 Å². The van der Waals surface area contributed by atoms with Crippen molar-refractivity contribution in [3.8, 4) is 0 Å². The van der Waals surface area contributed by atoms with Gasteiger partial charge in [0, 0.05) is 19.3 Å². The van der Waals surface area contributed by atoms with Gasteiger partial charge in [-0.15, -0.1) is 0 Å². The number of rotatable bonds is 43. The Morgan fingerprint density at radius 1 is 0.345 bits per heavy atom. The van der Waals surface area contributed by atoms with Crippen LogP contribution in [0.1, 0.15) is 252 Å². The van der Waals surface area contributed by atoms with Crippen LogP contribution >= 0.6 is 0 Å². The zero-order chi connectivity index (χ0) is 40.1. The van der Waals surface area contributed by atoms with Gasteiger partial charge in [0.05, 0.1) is 0 Å². The van der Waals surface area contributed by atoms with Crippen LogP contribution in [-0.4, -0.2) is 37.2 Å². The van der Waals surface area contributed by atoms with E-state index < -0.39 is 6.10 Å². The topological polar surface area (TPSA) is 78.9 Å². The number of carbonyl (C=O) groups is 3. The van der Waals surface area contributed by atoms with Crippen LogP contribution in [0.3, 0.4) is 0 Å². The lowest BCUT2D eigenvalue weighted by molar-refractivity contribution is -0.167. The molecule has 55 heavy (non-hydrogen) atoms. The van der Waals surface area contributed by atoms with Gasteiger partial charge in [0.15, 0.2) is 6.10 Å². The molecule has 0 rings (SSSR count). The van der Waals surface area contributed by atoms with E-state index in [9.17, 15) is 14.4 Å². The predicted octanol–water partition coefficient (Wildman–Crippen LogP) is 15.2. The third-order valence-corrected chi connectivity index (χ3v) is 10.4. The van der Waals surface area contributed by atoms with Crippen molar-refractivity contribution < 1.29 is 28.6 Å². The molecular formula is C49H90O6. The van der Waals surface area contributed by atoms with Gasteiger partial charge in [-0.3, -0.25) is 14.4 Å². The minimum atomic E-state index is -0.772. The molecule has 0 spiro atoms. The fraction of sp³-hybridized carbons (Fsp3) is 0.857. The number of carbonyl (C=O) groups excluding carboxylic acids is 3. The summed E-state index contributed by atoms with van der Waals surface area (Å²) < 4.78 is 16.7. The van der Waals surface area contributed by atoms with Crippen molar-refractivity contribution in [2.24, 2.45) is 0 Å². The molecule has 1 atom stereocenters. The van der Waals surface area contributed by atoms with Crippen molar-refractivity contribution in [3.63, 3.8) is 0 Å². The maximum absolute atomic E-state index is 12.7. The monoisotopic (exact) mass is 775 g/mol. The molecule has 0 fully saturated rings. The van der Waals surface area contributed by atoms with Crippen molar-refractivity contribution in [1.82, 2.24) is 0 Å². The zero-order valence-electron chi connectivity index (χ0n) is 36.7. The van der Waals surface area contributed by atoms with E-state index in [4.69, 9.17) is 14.2 Å². The SMILES string of the molecule is CCCC/C=C\CCCCCCCC(=O)OC(COC(=O)CCCCCCC/C=C\CCCCCCCCC)COC(=O)CCCCCCCCCCCC. The van der Waals surface area contributed by atoms with Crippen molar-refractivity contribution in [2.75, 3.05) is 13.2 Å².